The van der Waals surface area contributed by atoms with E-state index in [2.05, 4.69) is 20.2 Å². The first-order valence-corrected chi connectivity index (χ1v) is 6.20. The summed E-state index contributed by atoms with van der Waals surface area (Å²) in [6.45, 7) is 1.66. The molecule has 2 bridgehead atoms. The number of fused-ring (bicyclic) bond motifs is 2. The molecule has 92 valence electrons. The van der Waals surface area contributed by atoms with Gasteiger partial charge in [-0.3, -0.25) is 0 Å². The SMILES string of the molecule is OC[C@]12CN[C@H](CN1c1cc(Cl)nc(Cl)n1)C2. The molecule has 7 heteroatoms. The standard InChI is InChI=1S/C10H12Cl2N4O/c11-7-1-8(15-9(12)14-7)16-3-6-2-10(16,5-17)4-13-6/h1,6,13,17H,2-5H2/t6-,10-/m0/s1. The number of aliphatic hydroxyl groups is 1. The third-order valence-corrected chi connectivity index (χ3v) is 3.91. The van der Waals surface area contributed by atoms with E-state index in [1.165, 1.54) is 0 Å². The van der Waals surface area contributed by atoms with Crippen LogP contribution in [-0.2, 0) is 0 Å². The van der Waals surface area contributed by atoms with Crippen LogP contribution in [0.1, 0.15) is 6.42 Å². The molecule has 5 nitrogen and oxygen atoms in total. The first kappa shape index (κ1) is 11.5. The van der Waals surface area contributed by atoms with Crippen LogP contribution in [0.25, 0.3) is 0 Å². The molecule has 0 aromatic carbocycles. The van der Waals surface area contributed by atoms with Crippen LogP contribution in [-0.4, -0.2) is 46.4 Å². The smallest absolute Gasteiger partial charge is 0.225 e. The average molecular weight is 275 g/mol. The van der Waals surface area contributed by atoms with Gasteiger partial charge in [0.15, 0.2) is 0 Å². The molecule has 0 saturated carbocycles. The number of rotatable bonds is 2. The van der Waals surface area contributed by atoms with E-state index in [0.717, 1.165) is 19.5 Å². The number of aliphatic hydroxyl groups excluding tert-OH is 1. The third-order valence-electron chi connectivity index (χ3n) is 3.55. The van der Waals surface area contributed by atoms with Crippen LogP contribution in [0.3, 0.4) is 0 Å². The minimum atomic E-state index is -0.272. The quantitative estimate of drug-likeness (QED) is 0.614. The summed E-state index contributed by atoms with van der Waals surface area (Å²) in [5.41, 5.74) is -0.272. The zero-order valence-corrected chi connectivity index (χ0v) is 10.5. The lowest BCUT2D eigenvalue weighted by Crippen LogP contribution is -2.55. The van der Waals surface area contributed by atoms with Crippen LogP contribution in [0.5, 0.6) is 0 Å². The zero-order chi connectivity index (χ0) is 12.0. The first-order valence-electron chi connectivity index (χ1n) is 5.45. The van der Waals surface area contributed by atoms with Crippen molar-refractivity contribution >= 4 is 29.0 Å². The molecule has 0 spiro atoms. The fourth-order valence-electron chi connectivity index (χ4n) is 2.75. The largest absolute Gasteiger partial charge is 0.394 e. The third kappa shape index (κ3) is 1.78. The molecular formula is C10H12Cl2N4O. The Morgan fingerprint density at radius 2 is 2.35 bits per heavy atom. The van der Waals surface area contributed by atoms with E-state index in [9.17, 15) is 5.11 Å². The van der Waals surface area contributed by atoms with Crippen molar-refractivity contribution in [2.24, 2.45) is 0 Å². The van der Waals surface area contributed by atoms with E-state index < -0.39 is 0 Å². The molecular weight excluding hydrogens is 263 g/mol. The molecule has 2 saturated heterocycles. The summed E-state index contributed by atoms with van der Waals surface area (Å²) in [6, 6.07) is 2.08. The predicted molar refractivity (Wildman–Crippen MR) is 65.6 cm³/mol. The molecule has 2 aliphatic heterocycles. The molecule has 2 fully saturated rings. The van der Waals surface area contributed by atoms with Gasteiger partial charge in [0, 0.05) is 25.2 Å². The lowest BCUT2D eigenvalue weighted by molar-refractivity contribution is 0.206. The molecule has 2 N–H and O–H groups in total. The van der Waals surface area contributed by atoms with E-state index in [4.69, 9.17) is 23.2 Å². The van der Waals surface area contributed by atoms with Crippen molar-refractivity contribution in [2.75, 3.05) is 24.6 Å². The number of hydrogen-bond acceptors (Lipinski definition) is 5. The average Bonchev–Trinajstić information content (AvgIpc) is 2.85. The molecule has 0 aliphatic carbocycles. The van der Waals surface area contributed by atoms with Gasteiger partial charge in [0.25, 0.3) is 0 Å². The van der Waals surface area contributed by atoms with E-state index in [1.54, 1.807) is 6.07 Å². The number of nitrogens with zero attached hydrogens (tertiary/aromatic N) is 3. The molecule has 0 amide bonds. The van der Waals surface area contributed by atoms with Gasteiger partial charge in [-0.25, -0.2) is 9.97 Å². The topological polar surface area (TPSA) is 61.3 Å². The van der Waals surface area contributed by atoms with Gasteiger partial charge in [0.05, 0.1) is 12.1 Å². The van der Waals surface area contributed by atoms with Crippen LogP contribution in [0.2, 0.25) is 10.4 Å². The minimum absolute atomic E-state index is 0.0930. The minimum Gasteiger partial charge on any atom is -0.394 e. The Labute approximate surface area is 109 Å². The normalized spacial score (nSPS) is 31.2. The van der Waals surface area contributed by atoms with E-state index >= 15 is 0 Å². The Morgan fingerprint density at radius 3 is 3.00 bits per heavy atom. The molecule has 3 rings (SSSR count). The van der Waals surface area contributed by atoms with Crippen LogP contribution in [0.15, 0.2) is 6.07 Å². The summed E-state index contributed by atoms with van der Waals surface area (Å²) < 4.78 is 0. The highest BCUT2D eigenvalue weighted by Crippen LogP contribution is 2.37. The highest BCUT2D eigenvalue weighted by Gasteiger charge is 2.50. The summed E-state index contributed by atoms with van der Waals surface area (Å²) in [4.78, 5) is 10.1. The van der Waals surface area contributed by atoms with Gasteiger partial charge < -0.3 is 15.3 Å². The maximum absolute atomic E-state index is 9.62. The predicted octanol–water partition coefficient (Wildman–Crippen LogP) is 0.696. The fraction of sp³-hybridized carbons (Fsp3) is 0.600. The zero-order valence-electron chi connectivity index (χ0n) is 9.03. The number of piperazine rings is 1. The molecule has 1 aromatic heterocycles. The Morgan fingerprint density at radius 1 is 1.53 bits per heavy atom. The van der Waals surface area contributed by atoms with Gasteiger partial charge in [0.1, 0.15) is 11.0 Å². The van der Waals surface area contributed by atoms with Crippen LogP contribution in [0.4, 0.5) is 5.82 Å². The summed E-state index contributed by atoms with van der Waals surface area (Å²) in [6.07, 6.45) is 0.919. The summed E-state index contributed by atoms with van der Waals surface area (Å²) in [5.74, 6) is 0.688. The van der Waals surface area contributed by atoms with E-state index in [1.807, 2.05) is 0 Å². The van der Waals surface area contributed by atoms with Gasteiger partial charge in [-0.1, -0.05) is 11.6 Å². The first-order chi connectivity index (χ1) is 8.13. The summed E-state index contributed by atoms with van der Waals surface area (Å²) in [7, 11) is 0. The molecule has 0 radical (unpaired) electrons. The number of halogens is 2. The number of hydrogen-bond donors (Lipinski definition) is 2. The van der Waals surface area contributed by atoms with Gasteiger partial charge >= 0.3 is 0 Å². The number of aromatic nitrogens is 2. The molecule has 2 aliphatic rings. The van der Waals surface area contributed by atoms with Crippen molar-refractivity contribution in [3.8, 4) is 0 Å². The van der Waals surface area contributed by atoms with Crippen molar-refractivity contribution in [1.29, 1.82) is 0 Å². The highest BCUT2D eigenvalue weighted by atomic mass is 35.5. The maximum Gasteiger partial charge on any atom is 0.225 e. The lowest BCUT2D eigenvalue weighted by atomic mass is 10.0. The Kier molecular flexibility index (Phi) is 2.66. The van der Waals surface area contributed by atoms with E-state index in [0.29, 0.717) is 17.0 Å². The van der Waals surface area contributed by atoms with Crippen molar-refractivity contribution in [1.82, 2.24) is 15.3 Å². The second kappa shape index (κ2) is 3.95. The van der Waals surface area contributed by atoms with Gasteiger partial charge in [-0.05, 0) is 18.0 Å². The molecule has 0 unspecified atom stereocenters. The Hall–Kier alpha value is -0.620. The van der Waals surface area contributed by atoms with Gasteiger partial charge in [-0.2, -0.15) is 0 Å². The second-order valence-electron chi connectivity index (χ2n) is 4.59. The van der Waals surface area contributed by atoms with Crippen molar-refractivity contribution < 1.29 is 5.11 Å². The lowest BCUT2D eigenvalue weighted by Gasteiger charge is -2.38. The van der Waals surface area contributed by atoms with E-state index in [-0.39, 0.29) is 17.4 Å². The Bertz CT molecular complexity index is 438. The summed E-state index contributed by atoms with van der Waals surface area (Å²) in [5, 5.41) is 13.4. The second-order valence-corrected chi connectivity index (χ2v) is 5.32. The summed E-state index contributed by atoms with van der Waals surface area (Å²) >= 11 is 11.7. The molecule has 17 heavy (non-hydrogen) atoms. The fourth-order valence-corrected chi connectivity index (χ4v) is 3.14. The van der Waals surface area contributed by atoms with Crippen LogP contribution in [0, 0.1) is 0 Å². The Balaban J connectivity index is 1.99. The number of nitrogens with one attached hydrogen (secondary N) is 1. The van der Waals surface area contributed by atoms with Crippen molar-refractivity contribution in [2.45, 2.75) is 18.0 Å². The van der Waals surface area contributed by atoms with Crippen molar-refractivity contribution in [3.63, 3.8) is 0 Å². The highest BCUT2D eigenvalue weighted by molar-refractivity contribution is 6.32. The monoisotopic (exact) mass is 274 g/mol. The molecule has 2 atom stereocenters. The molecule has 1 aromatic rings. The van der Waals surface area contributed by atoms with Crippen LogP contribution >= 0.6 is 23.2 Å². The molecule has 3 heterocycles. The van der Waals surface area contributed by atoms with Gasteiger partial charge in [0.2, 0.25) is 5.28 Å². The maximum atomic E-state index is 9.62. The van der Waals surface area contributed by atoms with Gasteiger partial charge in [-0.15, -0.1) is 0 Å². The number of anilines is 1. The van der Waals surface area contributed by atoms with Crippen LogP contribution < -0.4 is 10.2 Å². The van der Waals surface area contributed by atoms with Crippen molar-refractivity contribution in [3.05, 3.63) is 16.5 Å².